The van der Waals surface area contributed by atoms with Gasteiger partial charge in [-0.15, -0.1) is 0 Å². The van der Waals surface area contributed by atoms with Gasteiger partial charge in [-0.3, -0.25) is 4.79 Å². The number of aliphatic carboxylic acids is 3. The zero-order valence-corrected chi connectivity index (χ0v) is 13.7. The van der Waals surface area contributed by atoms with E-state index in [1.165, 1.54) is 0 Å². The Morgan fingerprint density at radius 2 is 1.54 bits per heavy atom. The highest BCUT2D eigenvalue weighted by Crippen LogP contribution is 2.05. The van der Waals surface area contributed by atoms with Crippen LogP contribution in [-0.4, -0.2) is 45.3 Å². The van der Waals surface area contributed by atoms with Gasteiger partial charge in [0.25, 0.3) is 0 Å². The van der Waals surface area contributed by atoms with E-state index in [1.807, 2.05) is 44.2 Å². The number of nitrogens with one attached hydrogen (secondary N) is 1. The monoisotopic (exact) mass is 337 g/mol. The van der Waals surface area contributed by atoms with E-state index in [1.54, 1.807) is 0 Å². The third-order valence-electron chi connectivity index (χ3n) is 3.05. The van der Waals surface area contributed by atoms with Crippen molar-refractivity contribution in [2.45, 2.75) is 38.8 Å². The molecular formula is C17H23NO6. The molecule has 0 amide bonds. The predicted octanol–water partition coefficient (Wildman–Crippen LogP) is 1.78. The lowest BCUT2D eigenvalue weighted by Crippen LogP contribution is -2.43. The van der Waals surface area contributed by atoms with Crippen LogP contribution in [0.1, 0.15) is 25.8 Å². The van der Waals surface area contributed by atoms with Gasteiger partial charge >= 0.3 is 17.9 Å². The van der Waals surface area contributed by atoms with Crippen LogP contribution in [0.5, 0.6) is 0 Å². The topological polar surface area (TPSA) is 124 Å². The van der Waals surface area contributed by atoms with E-state index in [0.29, 0.717) is 18.6 Å². The second-order valence-corrected chi connectivity index (χ2v) is 5.07. The molecule has 0 aliphatic carbocycles. The molecule has 2 atom stereocenters. The molecule has 0 aliphatic heterocycles. The number of benzene rings is 1. The lowest BCUT2D eigenvalue weighted by Gasteiger charge is -2.19. The molecule has 0 heterocycles. The molecule has 1 aromatic carbocycles. The lowest BCUT2D eigenvalue weighted by molar-refractivity contribution is -0.139. The maximum Gasteiger partial charge on any atom is 0.328 e. The molecule has 1 rings (SSSR count). The van der Waals surface area contributed by atoms with Crippen LogP contribution in [0, 0.1) is 0 Å². The third kappa shape index (κ3) is 11.0. The zero-order chi connectivity index (χ0) is 18.5. The van der Waals surface area contributed by atoms with Crippen LogP contribution in [-0.2, 0) is 20.8 Å². The Bertz CT molecular complexity index is 539. The van der Waals surface area contributed by atoms with Crippen molar-refractivity contribution in [3.8, 4) is 0 Å². The van der Waals surface area contributed by atoms with Crippen LogP contribution < -0.4 is 5.32 Å². The predicted molar refractivity (Wildman–Crippen MR) is 88.9 cm³/mol. The van der Waals surface area contributed by atoms with E-state index in [2.05, 4.69) is 5.32 Å². The van der Waals surface area contributed by atoms with E-state index < -0.39 is 23.9 Å². The minimum Gasteiger partial charge on any atom is -0.480 e. The van der Waals surface area contributed by atoms with Crippen molar-refractivity contribution in [1.82, 2.24) is 5.32 Å². The first-order valence-corrected chi connectivity index (χ1v) is 7.43. The van der Waals surface area contributed by atoms with Crippen LogP contribution in [0.15, 0.2) is 42.5 Å². The highest BCUT2D eigenvalue weighted by Gasteiger charge is 2.18. The van der Waals surface area contributed by atoms with Crippen molar-refractivity contribution < 1.29 is 29.7 Å². The summed E-state index contributed by atoms with van der Waals surface area (Å²) in [5.41, 5.74) is 1.05. The molecule has 0 bridgehead atoms. The molecule has 0 aliphatic rings. The van der Waals surface area contributed by atoms with Crippen molar-refractivity contribution >= 4 is 17.9 Å². The Balaban J connectivity index is 0.000000561. The first kappa shape index (κ1) is 21.3. The first-order chi connectivity index (χ1) is 11.3. The van der Waals surface area contributed by atoms with Gasteiger partial charge in [-0.25, -0.2) is 9.59 Å². The first-order valence-electron chi connectivity index (χ1n) is 7.43. The summed E-state index contributed by atoms with van der Waals surface area (Å²) < 4.78 is 0. The number of carboxylic acid groups (broad SMARTS) is 3. The molecule has 0 radical (unpaired) electrons. The van der Waals surface area contributed by atoms with Crippen molar-refractivity contribution in [1.29, 1.82) is 0 Å². The summed E-state index contributed by atoms with van der Waals surface area (Å²) >= 11 is 0. The number of hydrogen-bond acceptors (Lipinski definition) is 4. The summed E-state index contributed by atoms with van der Waals surface area (Å²) in [5.74, 6) is -3.30. The Morgan fingerprint density at radius 3 is 1.92 bits per heavy atom. The van der Waals surface area contributed by atoms with Gasteiger partial charge in [-0.05, 0) is 25.3 Å². The van der Waals surface area contributed by atoms with Crippen LogP contribution >= 0.6 is 0 Å². The molecule has 7 nitrogen and oxygen atoms in total. The maximum atomic E-state index is 11.1. The normalized spacial score (nSPS) is 12.8. The van der Waals surface area contributed by atoms with E-state index >= 15 is 0 Å². The summed E-state index contributed by atoms with van der Waals surface area (Å²) in [5, 5.41) is 27.9. The van der Waals surface area contributed by atoms with Gasteiger partial charge in [0.05, 0.1) is 0 Å². The Hall–Kier alpha value is -2.67. The minimum atomic E-state index is -1.26. The molecule has 7 heteroatoms. The van der Waals surface area contributed by atoms with E-state index in [0.717, 1.165) is 12.0 Å². The average Bonchev–Trinajstić information content (AvgIpc) is 2.53. The average molecular weight is 337 g/mol. The van der Waals surface area contributed by atoms with Gasteiger partial charge in [0, 0.05) is 18.2 Å². The largest absolute Gasteiger partial charge is 0.480 e. The van der Waals surface area contributed by atoms with Gasteiger partial charge in [0.2, 0.25) is 0 Å². The highest BCUT2D eigenvalue weighted by molar-refractivity contribution is 5.89. The maximum absolute atomic E-state index is 11.1. The van der Waals surface area contributed by atoms with Crippen molar-refractivity contribution in [2.24, 2.45) is 0 Å². The SMILES string of the molecule is CCC(C)N[C@@H](Cc1ccccc1)C(=O)O.O=C(O)/C=C\C(=O)O. The fourth-order valence-electron chi connectivity index (χ4n) is 1.67. The minimum absolute atomic E-state index is 0.227. The number of carboxylic acids is 3. The second-order valence-electron chi connectivity index (χ2n) is 5.07. The molecule has 1 aromatic rings. The van der Waals surface area contributed by atoms with Gasteiger partial charge < -0.3 is 20.6 Å². The smallest absolute Gasteiger partial charge is 0.328 e. The fourth-order valence-corrected chi connectivity index (χ4v) is 1.67. The van der Waals surface area contributed by atoms with E-state index in [-0.39, 0.29) is 6.04 Å². The highest BCUT2D eigenvalue weighted by atomic mass is 16.4. The lowest BCUT2D eigenvalue weighted by atomic mass is 10.0. The fraction of sp³-hybridized carbons (Fsp3) is 0.353. The van der Waals surface area contributed by atoms with Crippen LogP contribution in [0.25, 0.3) is 0 Å². The third-order valence-corrected chi connectivity index (χ3v) is 3.05. The van der Waals surface area contributed by atoms with Crippen molar-refractivity contribution in [2.75, 3.05) is 0 Å². The summed E-state index contributed by atoms with van der Waals surface area (Å²) in [6.07, 6.45) is 2.57. The zero-order valence-electron chi connectivity index (χ0n) is 13.7. The molecule has 24 heavy (non-hydrogen) atoms. The number of carbonyl (C=O) groups is 3. The molecule has 132 valence electrons. The van der Waals surface area contributed by atoms with Crippen LogP contribution in [0.2, 0.25) is 0 Å². The van der Waals surface area contributed by atoms with Crippen LogP contribution in [0.3, 0.4) is 0 Å². The van der Waals surface area contributed by atoms with Gasteiger partial charge in [-0.1, -0.05) is 37.3 Å². The molecule has 0 spiro atoms. The molecule has 1 unspecified atom stereocenters. The van der Waals surface area contributed by atoms with Crippen molar-refractivity contribution in [3.63, 3.8) is 0 Å². The molecular weight excluding hydrogens is 314 g/mol. The summed E-state index contributed by atoms with van der Waals surface area (Å²) in [6, 6.07) is 9.42. The summed E-state index contributed by atoms with van der Waals surface area (Å²) in [4.78, 5) is 30.2. The summed E-state index contributed by atoms with van der Waals surface area (Å²) in [7, 11) is 0. The van der Waals surface area contributed by atoms with Crippen molar-refractivity contribution in [3.05, 3.63) is 48.0 Å². The molecule has 4 N–H and O–H groups in total. The van der Waals surface area contributed by atoms with Crippen LogP contribution in [0.4, 0.5) is 0 Å². The Morgan fingerprint density at radius 1 is 1.04 bits per heavy atom. The second kappa shape index (κ2) is 11.8. The molecule has 0 fully saturated rings. The molecule has 0 saturated heterocycles. The Kier molecular flexibility index (Phi) is 10.5. The van der Waals surface area contributed by atoms with E-state index in [9.17, 15) is 14.4 Å². The Labute approximate surface area is 140 Å². The van der Waals surface area contributed by atoms with Gasteiger partial charge in [0.15, 0.2) is 0 Å². The van der Waals surface area contributed by atoms with E-state index in [4.69, 9.17) is 15.3 Å². The standard InChI is InChI=1S/C13H19NO2.C4H4O4/c1-3-10(2)14-12(13(15)16)9-11-7-5-4-6-8-11;5-3(6)1-2-4(7)8/h4-8,10,12,14H,3,9H2,1-2H3,(H,15,16);1-2H,(H,5,6)(H,7,8)/b;2-1-/t10?,12-;/m0./s1. The molecule has 0 aromatic heterocycles. The number of hydrogen-bond donors (Lipinski definition) is 4. The van der Waals surface area contributed by atoms with Gasteiger partial charge in [-0.2, -0.15) is 0 Å². The number of rotatable bonds is 8. The summed E-state index contributed by atoms with van der Waals surface area (Å²) in [6.45, 7) is 4.04. The van der Waals surface area contributed by atoms with Gasteiger partial charge in [0.1, 0.15) is 6.04 Å². The quantitative estimate of drug-likeness (QED) is 0.533. The molecule has 0 saturated carbocycles.